The third-order valence-corrected chi connectivity index (χ3v) is 11.0. The Morgan fingerprint density at radius 1 is 0.364 bits per heavy atom. The fourth-order valence-electron chi connectivity index (χ4n) is 8.52. The first-order valence-corrected chi connectivity index (χ1v) is 18.8. The predicted octanol–water partition coefficient (Wildman–Crippen LogP) is 14.6. The SMILES string of the molecule is c1ccc(-c2ccc(N(c3ccc4c(c3)c3ccccc3n4-c3ccccc3)c3cc4oc5cccc(-c6ccccc6)c5c4c4ccccc34)cc2)cc1. The van der Waals surface area contributed by atoms with Crippen molar-refractivity contribution in [3.05, 3.63) is 206 Å². The van der Waals surface area contributed by atoms with Crippen LogP contribution < -0.4 is 4.90 Å². The van der Waals surface area contributed by atoms with Gasteiger partial charge in [0, 0.05) is 50.1 Å². The standard InChI is InChI=1S/C52H34N2O/c1-4-15-35(16-5-1)36-27-29-39(30-28-36)53(40-31-32-47-45(33-40)43-22-12-13-25-46(43)54(47)38-19-8-3-9-20-38)48-34-50-52(44-23-11-10-21-42(44)48)51-41(24-14-26-49(51)55-50)37-17-6-2-7-18-37/h1-34H. The molecule has 9 aromatic carbocycles. The summed E-state index contributed by atoms with van der Waals surface area (Å²) in [7, 11) is 0. The largest absolute Gasteiger partial charge is 0.456 e. The second-order valence-electron chi connectivity index (χ2n) is 14.1. The molecule has 0 aliphatic heterocycles. The molecule has 2 aromatic heterocycles. The number of anilines is 3. The number of hydrogen-bond donors (Lipinski definition) is 0. The lowest BCUT2D eigenvalue weighted by Crippen LogP contribution is -2.10. The quantitative estimate of drug-likeness (QED) is 0.172. The van der Waals surface area contributed by atoms with E-state index in [0.29, 0.717) is 0 Å². The van der Waals surface area contributed by atoms with Gasteiger partial charge in [-0.1, -0.05) is 146 Å². The summed E-state index contributed by atoms with van der Waals surface area (Å²) in [6.07, 6.45) is 0. The Labute approximate surface area is 318 Å². The van der Waals surface area contributed by atoms with Crippen LogP contribution in [-0.2, 0) is 0 Å². The summed E-state index contributed by atoms with van der Waals surface area (Å²) in [5, 5.41) is 7.00. The van der Waals surface area contributed by atoms with Gasteiger partial charge < -0.3 is 13.9 Å². The van der Waals surface area contributed by atoms with Crippen molar-refractivity contribution in [3.8, 4) is 27.9 Å². The zero-order chi connectivity index (χ0) is 36.3. The molecule has 0 fully saturated rings. The van der Waals surface area contributed by atoms with Crippen LogP contribution in [0.3, 0.4) is 0 Å². The fourth-order valence-corrected chi connectivity index (χ4v) is 8.52. The lowest BCUT2D eigenvalue weighted by molar-refractivity contribution is 0.669. The van der Waals surface area contributed by atoms with Crippen LogP contribution in [0, 0.1) is 0 Å². The summed E-state index contributed by atoms with van der Waals surface area (Å²) in [6, 6.07) is 73.8. The van der Waals surface area contributed by atoms with Gasteiger partial charge in [0.1, 0.15) is 11.2 Å². The van der Waals surface area contributed by atoms with E-state index in [1.54, 1.807) is 0 Å². The maximum absolute atomic E-state index is 6.81. The fraction of sp³-hybridized carbons (Fsp3) is 0. The number of aromatic nitrogens is 1. The second-order valence-corrected chi connectivity index (χ2v) is 14.1. The van der Waals surface area contributed by atoms with Crippen LogP contribution in [0.25, 0.3) is 82.5 Å². The highest BCUT2D eigenvalue weighted by Gasteiger charge is 2.23. The van der Waals surface area contributed by atoms with Crippen LogP contribution in [0.1, 0.15) is 0 Å². The molecule has 0 spiro atoms. The molecule has 3 heteroatoms. The van der Waals surface area contributed by atoms with Gasteiger partial charge in [-0.15, -0.1) is 0 Å². The van der Waals surface area contributed by atoms with Gasteiger partial charge in [-0.2, -0.15) is 0 Å². The van der Waals surface area contributed by atoms with Crippen molar-refractivity contribution in [1.29, 1.82) is 0 Å². The highest BCUT2D eigenvalue weighted by atomic mass is 16.3. The van der Waals surface area contributed by atoms with Crippen LogP contribution in [0.15, 0.2) is 211 Å². The first-order chi connectivity index (χ1) is 27.3. The van der Waals surface area contributed by atoms with E-state index in [9.17, 15) is 0 Å². The summed E-state index contributed by atoms with van der Waals surface area (Å²) < 4.78 is 9.18. The van der Waals surface area contributed by atoms with E-state index in [4.69, 9.17) is 4.42 Å². The number of rotatable bonds is 6. The molecule has 0 amide bonds. The summed E-state index contributed by atoms with van der Waals surface area (Å²) in [4.78, 5) is 2.40. The van der Waals surface area contributed by atoms with Crippen LogP contribution in [0.5, 0.6) is 0 Å². The Hall–Kier alpha value is -7.36. The number of hydrogen-bond acceptors (Lipinski definition) is 2. The van der Waals surface area contributed by atoms with Crippen LogP contribution in [0.2, 0.25) is 0 Å². The van der Waals surface area contributed by atoms with Crippen molar-refractivity contribution in [2.45, 2.75) is 0 Å². The van der Waals surface area contributed by atoms with Crippen LogP contribution >= 0.6 is 0 Å². The first-order valence-electron chi connectivity index (χ1n) is 18.8. The molecule has 0 radical (unpaired) electrons. The Morgan fingerprint density at radius 2 is 0.964 bits per heavy atom. The molecular weight excluding hydrogens is 669 g/mol. The monoisotopic (exact) mass is 702 g/mol. The summed E-state index contributed by atoms with van der Waals surface area (Å²) in [6.45, 7) is 0. The summed E-state index contributed by atoms with van der Waals surface area (Å²) in [5.74, 6) is 0. The van der Waals surface area contributed by atoms with Gasteiger partial charge in [0.25, 0.3) is 0 Å². The normalized spacial score (nSPS) is 11.6. The van der Waals surface area contributed by atoms with Crippen LogP contribution in [-0.4, -0.2) is 4.57 Å². The molecule has 11 aromatic rings. The van der Waals surface area contributed by atoms with Gasteiger partial charge in [-0.3, -0.25) is 0 Å². The lowest BCUT2D eigenvalue weighted by Gasteiger charge is -2.27. The Bertz CT molecular complexity index is 3180. The molecule has 55 heavy (non-hydrogen) atoms. The number of nitrogens with zero attached hydrogens (tertiary/aromatic N) is 2. The van der Waals surface area contributed by atoms with Crippen molar-refractivity contribution in [1.82, 2.24) is 4.57 Å². The molecule has 0 atom stereocenters. The van der Waals surface area contributed by atoms with Crippen LogP contribution in [0.4, 0.5) is 17.1 Å². The third-order valence-electron chi connectivity index (χ3n) is 11.0. The van der Waals surface area contributed by atoms with Crippen molar-refractivity contribution in [2.24, 2.45) is 0 Å². The molecular formula is C52H34N2O. The molecule has 0 aliphatic carbocycles. The lowest BCUT2D eigenvalue weighted by atomic mass is 9.95. The second kappa shape index (κ2) is 12.6. The minimum atomic E-state index is 0.861. The zero-order valence-corrected chi connectivity index (χ0v) is 29.9. The molecule has 0 aliphatic rings. The molecule has 0 unspecified atom stereocenters. The van der Waals surface area contributed by atoms with Gasteiger partial charge in [0.2, 0.25) is 0 Å². The third kappa shape index (κ3) is 5.05. The van der Waals surface area contributed by atoms with Crippen molar-refractivity contribution in [3.63, 3.8) is 0 Å². The number of benzene rings is 9. The summed E-state index contributed by atoms with van der Waals surface area (Å²) >= 11 is 0. The van der Waals surface area contributed by atoms with E-state index in [1.165, 1.54) is 44.1 Å². The maximum atomic E-state index is 6.81. The molecule has 0 N–H and O–H groups in total. The molecule has 11 rings (SSSR count). The Morgan fingerprint density at radius 3 is 1.73 bits per heavy atom. The summed E-state index contributed by atoms with van der Waals surface area (Å²) in [5.41, 5.74) is 13.1. The average Bonchev–Trinajstić information content (AvgIpc) is 3.81. The van der Waals surface area contributed by atoms with Gasteiger partial charge >= 0.3 is 0 Å². The minimum absolute atomic E-state index is 0.861. The van der Waals surface area contributed by atoms with Gasteiger partial charge in [0.15, 0.2) is 0 Å². The van der Waals surface area contributed by atoms with Crippen molar-refractivity contribution < 1.29 is 4.42 Å². The van der Waals surface area contributed by atoms with Gasteiger partial charge in [-0.05, 0) is 82.2 Å². The van der Waals surface area contributed by atoms with E-state index < -0.39 is 0 Å². The van der Waals surface area contributed by atoms with E-state index >= 15 is 0 Å². The number of fused-ring (bicyclic) bond motifs is 8. The van der Waals surface area contributed by atoms with E-state index in [2.05, 4.69) is 216 Å². The van der Waals surface area contributed by atoms with E-state index in [1.807, 2.05) is 0 Å². The van der Waals surface area contributed by atoms with Crippen molar-refractivity contribution in [2.75, 3.05) is 4.90 Å². The smallest absolute Gasteiger partial charge is 0.138 e. The topological polar surface area (TPSA) is 21.3 Å². The first kappa shape index (κ1) is 31.2. The molecule has 0 saturated carbocycles. The maximum Gasteiger partial charge on any atom is 0.138 e. The Balaban J connectivity index is 1.19. The molecule has 2 heterocycles. The molecule has 0 bridgehead atoms. The molecule has 3 nitrogen and oxygen atoms in total. The van der Waals surface area contributed by atoms with Gasteiger partial charge in [0.05, 0.1) is 16.7 Å². The molecule has 0 saturated heterocycles. The number of furan rings is 1. The minimum Gasteiger partial charge on any atom is -0.456 e. The molecule has 258 valence electrons. The highest BCUT2D eigenvalue weighted by Crippen LogP contribution is 2.47. The van der Waals surface area contributed by atoms with E-state index in [0.717, 1.165) is 55.5 Å². The highest BCUT2D eigenvalue weighted by molar-refractivity contribution is 6.25. The number of para-hydroxylation sites is 2. The van der Waals surface area contributed by atoms with Crippen molar-refractivity contribution >= 4 is 71.6 Å². The predicted molar refractivity (Wildman–Crippen MR) is 231 cm³/mol. The average molecular weight is 703 g/mol. The Kier molecular flexibility index (Phi) is 7.17. The van der Waals surface area contributed by atoms with E-state index in [-0.39, 0.29) is 0 Å². The zero-order valence-electron chi connectivity index (χ0n) is 29.9. The van der Waals surface area contributed by atoms with Gasteiger partial charge in [-0.25, -0.2) is 0 Å².